The third kappa shape index (κ3) is 3.58. The number of amides is 1. The molecule has 1 aromatic rings. The van der Waals surface area contributed by atoms with Crippen LogP contribution in [0.5, 0.6) is 0 Å². The van der Waals surface area contributed by atoms with Gasteiger partial charge in [-0.2, -0.15) is 5.26 Å². The monoisotopic (exact) mass is 287 g/mol. The van der Waals surface area contributed by atoms with Gasteiger partial charge in [0.2, 0.25) is 5.91 Å². The maximum atomic E-state index is 12.0. The number of hydrogen-bond acceptors (Lipinski definition) is 4. The summed E-state index contributed by atoms with van der Waals surface area (Å²) in [6, 6.07) is 8.54. The average molecular weight is 287 g/mol. The van der Waals surface area contributed by atoms with Gasteiger partial charge < -0.3 is 10.4 Å². The van der Waals surface area contributed by atoms with Crippen molar-refractivity contribution in [2.75, 3.05) is 18.4 Å². The lowest BCUT2D eigenvalue weighted by Crippen LogP contribution is -2.38. The Morgan fingerprint density at radius 2 is 2.29 bits per heavy atom. The minimum absolute atomic E-state index is 0.154. The first kappa shape index (κ1) is 15.0. The molecule has 1 aromatic carbocycles. The molecule has 6 heteroatoms. The Kier molecular flexibility index (Phi) is 4.55. The molecule has 0 aromatic heterocycles. The van der Waals surface area contributed by atoms with Gasteiger partial charge in [-0.25, -0.2) is 0 Å². The fraction of sp³-hybridized carbons (Fsp3) is 0.400. The van der Waals surface area contributed by atoms with Crippen LogP contribution in [0.3, 0.4) is 0 Å². The molecular formula is C15H17N3O3. The van der Waals surface area contributed by atoms with Crippen LogP contribution in [0.15, 0.2) is 24.3 Å². The molecule has 1 amide bonds. The molecule has 2 rings (SSSR count). The fourth-order valence-corrected chi connectivity index (χ4v) is 2.61. The Morgan fingerprint density at radius 1 is 1.52 bits per heavy atom. The number of aliphatic carboxylic acids is 1. The predicted molar refractivity (Wildman–Crippen MR) is 76.6 cm³/mol. The number of nitrogens with one attached hydrogen (secondary N) is 1. The third-order valence-electron chi connectivity index (χ3n) is 3.82. The van der Waals surface area contributed by atoms with Gasteiger partial charge in [-0.05, 0) is 38.1 Å². The SMILES string of the molecule is CC1C(C(=O)O)CCN1CC(=O)Nc1cccc(C#N)c1. The first-order valence-electron chi connectivity index (χ1n) is 6.78. The summed E-state index contributed by atoms with van der Waals surface area (Å²) in [4.78, 5) is 24.9. The lowest BCUT2D eigenvalue weighted by Gasteiger charge is -2.22. The fourth-order valence-electron chi connectivity index (χ4n) is 2.61. The topological polar surface area (TPSA) is 93.4 Å². The smallest absolute Gasteiger partial charge is 0.308 e. The summed E-state index contributed by atoms with van der Waals surface area (Å²) < 4.78 is 0. The van der Waals surface area contributed by atoms with E-state index in [1.807, 2.05) is 17.9 Å². The summed E-state index contributed by atoms with van der Waals surface area (Å²) in [5.41, 5.74) is 1.05. The van der Waals surface area contributed by atoms with E-state index in [0.29, 0.717) is 24.2 Å². The van der Waals surface area contributed by atoms with Crippen LogP contribution in [-0.2, 0) is 9.59 Å². The van der Waals surface area contributed by atoms with Crippen LogP contribution in [0.25, 0.3) is 0 Å². The summed E-state index contributed by atoms with van der Waals surface area (Å²) in [6.45, 7) is 2.58. The molecule has 1 aliphatic heterocycles. The van der Waals surface area contributed by atoms with Gasteiger partial charge in [0.15, 0.2) is 0 Å². The minimum Gasteiger partial charge on any atom is -0.481 e. The maximum absolute atomic E-state index is 12.0. The van der Waals surface area contributed by atoms with E-state index in [1.54, 1.807) is 24.3 Å². The van der Waals surface area contributed by atoms with E-state index in [-0.39, 0.29) is 18.5 Å². The lowest BCUT2D eigenvalue weighted by molar-refractivity contribution is -0.142. The number of hydrogen-bond donors (Lipinski definition) is 2. The Balaban J connectivity index is 1.93. The number of likely N-dealkylation sites (tertiary alicyclic amines) is 1. The average Bonchev–Trinajstić information content (AvgIpc) is 2.80. The standard InChI is InChI=1S/C15H17N3O3/c1-10-13(15(20)21)5-6-18(10)9-14(19)17-12-4-2-3-11(7-12)8-16/h2-4,7,10,13H,5-6,9H2,1H3,(H,17,19)(H,20,21). The van der Waals surface area contributed by atoms with Gasteiger partial charge in [0.1, 0.15) is 0 Å². The largest absolute Gasteiger partial charge is 0.481 e. The highest BCUT2D eigenvalue weighted by Gasteiger charge is 2.36. The zero-order valence-corrected chi connectivity index (χ0v) is 11.7. The number of nitrogens with zero attached hydrogens (tertiary/aromatic N) is 2. The molecule has 21 heavy (non-hydrogen) atoms. The van der Waals surface area contributed by atoms with Crippen molar-refractivity contribution < 1.29 is 14.7 Å². The molecule has 6 nitrogen and oxygen atoms in total. The second kappa shape index (κ2) is 6.37. The summed E-state index contributed by atoms with van der Waals surface area (Å²) in [6.07, 6.45) is 0.563. The molecule has 0 spiro atoms. The van der Waals surface area contributed by atoms with E-state index in [2.05, 4.69) is 5.32 Å². The van der Waals surface area contributed by atoms with Gasteiger partial charge in [0.05, 0.1) is 24.1 Å². The Hall–Kier alpha value is -2.39. The first-order chi connectivity index (χ1) is 10.0. The van der Waals surface area contributed by atoms with Crippen LogP contribution < -0.4 is 5.32 Å². The Labute approximate surface area is 123 Å². The van der Waals surface area contributed by atoms with E-state index >= 15 is 0 Å². The molecule has 0 saturated carbocycles. The molecule has 0 bridgehead atoms. The van der Waals surface area contributed by atoms with Crippen molar-refractivity contribution in [1.82, 2.24) is 4.90 Å². The second-order valence-electron chi connectivity index (χ2n) is 5.19. The van der Waals surface area contributed by atoms with Crippen molar-refractivity contribution >= 4 is 17.6 Å². The summed E-state index contributed by atoms with van der Waals surface area (Å²) in [5.74, 6) is -1.44. The molecule has 2 N–H and O–H groups in total. The number of carboxylic acids is 1. The van der Waals surface area contributed by atoms with Gasteiger partial charge in [-0.1, -0.05) is 6.07 Å². The second-order valence-corrected chi connectivity index (χ2v) is 5.19. The van der Waals surface area contributed by atoms with E-state index in [4.69, 9.17) is 10.4 Å². The molecule has 110 valence electrons. The van der Waals surface area contributed by atoms with Crippen molar-refractivity contribution in [2.45, 2.75) is 19.4 Å². The molecule has 1 saturated heterocycles. The summed E-state index contributed by atoms with van der Waals surface area (Å²) in [5, 5.41) is 20.6. The van der Waals surface area contributed by atoms with Crippen LogP contribution in [0.2, 0.25) is 0 Å². The van der Waals surface area contributed by atoms with Crippen LogP contribution in [0.1, 0.15) is 18.9 Å². The highest BCUT2D eigenvalue weighted by molar-refractivity contribution is 5.92. The molecular weight excluding hydrogens is 270 g/mol. The number of rotatable bonds is 4. The van der Waals surface area contributed by atoms with Gasteiger partial charge in [-0.3, -0.25) is 14.5 Å². The number of carbonyl (C=O) groups excluding carboxylic acids is 1. The van der Waals surface area contributed by atoms with Crippen molar-refractivity contribution in [3.63, 3.8) is 0 Å². The van der Waals surface area contributed by atoms with Crippen molar-refractivity contribution in [1.29, 1.82) is 5.26 Å². The summed E-state index contributed by atoms with van der Waals surface area (Å²) >= 11 is 0. The molecule has 1 fully saturated rings. The predicted octanol–water partition coefficient (Wildman–Crippen LogP) is 1.29. The van der Waals surface area contributed by atoms with Crippen LogP contribution in [-0.4, -0.2) is 41.0 Å². The molecule has 0 radical (unpaired) electrons. The normalized spacial score (nSPS) is 21.7. The Bertz CT molecular complexity index is 594. The maximum Gasteiger partial charge on any atom is 0.308 e. The van der Waals surface area contributed by atoms with Crippen molar-refractivity contribution in [3.8, 4) is 6.07 Å². The van der Waals surface area contributed by atoms with E-state index in [1.165, 1.54) is 0 Å². The van der Waals surface area contributed by atoms with Gasteiger partial charge in [-0.15, -0.1) is 0 Å². The first-order valence-corrected chi connectivity index (χ1v) is 6.78. The van der Waals surface area contributed by atoms with Gasteiger partial charge >= 0.3 is 5.97 Å². The number of anilines is 1. The van der Waals surface area contributed by atoms with Crippen LogP contribution in [0.4, 0.5) is 5.69 Å². The van der Waals surface area contributed by atoms with Crippen molar-refractivity contribution in [2.24, 2.45) is 5.92 Å². The molecule has 2 unspecified atom stereocenters. The van der Waals surface area contributed by atoms with E-state index in [0.717, 1.165) is 0 Å². The Morgan fingerprint density at radius 3 is 2.90 bits per heavy atom. The number of nitriles is 1. The molecule has 2 atom stereocenters. The highest BCUT2D eigenvalue weighted by Crippen LogP contribution is 2.24. The number of carboxylic acid groups (broad SMARTS) is 1. The molecule has 1 aliphatic rings. The van der Waals surface area contributed by atoms with Crippen LogP contribution in [0, 0.1) is 17.2 Å². The molecule has 0 aliphatic carbocycles. The zero-order chi connectivity index (χ0) is 15.4. The van der Waals surface area contributed by atoms with E-state index in [9.17, 15) is 9.59 Å². The third-order valence-corrected chi connectivity index (χ3v) is 3.82. The number of benzene rings is 1. The minimum atomic E-state index is -0.813. The van der Waals surface area contributed by atoms with E-state index < -0.39 is 11.9 Å². The number of carbonyl (C=O) groups is 2. The highest BCUT2D eigenvalue weighted by atomic mass is 16.4. The zero-order valence-electron chi connectivity index (χ0n) is 11.7. The lowest BCUT2D eigenvalue weighted by atomic mass is 10.0. The van der Waals surface area contributed by atoms with Gasteiger partial charge in [0, 0.05) is 11.7 Å². The quantitative estimate of drug-likeness (QED) is 0.870. The summed E-state index contributed by atoms with van der Waals surface area (Å²) in [7, 11) is 0. The van der Waals surface area contributed by atoms with Gasteiger partial charge in [0.25, 0.3) is 0 Å². The molecule has 1 heterocycles. The van der Waals surface area contributed by atoms with Crippen LogP contribution >= 0.6 is 0 Å². The van der Waals surface area contributed by atoms with Crippen molar-refractivity contribution in [3.05, 3.63) is 29.8 Å².